The molecule has 1 aliphatic carbocycles. The number of furan rings is 2. The van der Waals surface area contributed by atoms with Gasteiger partial charge in [-0.2, -0.15) is 0 Å². The van der Waals surface area contributed by atoms with Crippen LogP contribution in [-0.2, 0) is 30.3 Å². The highest BCUT2D eigenvalue weighted by molar-refractivity contribution is 5.91. The molecule has 192 valence electrons. The Labute approximate surface area is 219 Å². The Balaban J connectivity index is 1.39. The zero-order valence-electron chi connectivity index (χ0n) is 22.5. The number of fused-ring (bicyclic) bond motifs is 1. The van der Waals surface area contributed by atoms with E-state index in [0.717, 1.165) is 17.1 Å². The Bertz CT molecular complexity index is 1380. The van der Waals surface area contributed by atoms with Gasteiger partial charge < -0.3 is 13.7 Å². The van der Waals surface area contributed by atoms with Crippen LogP contribution in [0.3, 0.4) is 0 Å². The van der Waals surface area contributed by atoms with E-state index in [0.29, 0.717) is 25.3 Å². The van der Waals surface area contributed by atoms with Crippen LogP contribution in [0.1, 0.15) is 90.4 Å². The molecule has 0 aliphatic heterocycles. The summed E-state index contributed by atoms with van der Waals surface area (Å²) in [5.41, 5.74) is 6.70. The second kappa shape index (κ2) is 9.70. The molecule has 1 aromatic carbocycles. The van der Waals surface area contributed by atoms with Gasteiger partial charge in [-0.25, -0.2) is 0 Å². The van der Waals surface area contributed by atoms with Crippen molar-refractivity contribution in [1.82, 2.24) is 9.88 Å². The molecule has 5 nitrogen and oxygen atoms in total. The number of rotatable bonds is 7. The van der Waals surface area contributed by atoms with Crippen molar-refractivity contribution >= 4 is 5.91 Å². The van der Waals surface area contributed by atoms with Crippen molar-refractivity contribution in [3.63, 3.8) is 0 Å². The highest BCUT2D eigenvalue weighted by Gasteiger charge is 2.37. The van der Waals surface area contributed by atoms with E-state index in [4.69, 9.17) is 8.83 Å². The number of carbonyl (C=O) groups is 1. The molecule has 4 aromatic rings. The SMILES string of the molecule is Cc1cc2c(cc1Cc1ccc(C(=O)N(Cc3cccnc3)Cc3ccco3)o1)C(C)(C)CCC2(C)C. The van der Waals surface area contributed by atoms with Gasteiger partial charge in [0.25, 0.3) is 5.91 Å². The van der Waals surface area contributed by atoms with Crippen molar-refractivity contribution in [2.24, 2.45) is 0 Å². The molecule has 0 fully saturated rings. The van der Waals surface area contributed by atoms with Crippen LogP contribution in [0.15, 0.2) is 76.0 Å². The molecule has 1 aliphatic rings. The average molecular weight is 497 g/mol. The van der Waals surface area contributed by atoms with Gasteiger partial charge in [0.05, 0.1) is 12.8 Å². The van der Waals surface area contributed by atoms with E-state index in [1.54, 1.807) is 29.6 Å². The highest BCUT2D eigenvalue weighted by Crippen LogP contribution is 2.46. The fourth-order valence-electron chi connectivity index (χ4n) is 5.39. The molecule has 1 amide bonds. The van der Waals surface area contributed by atoms with Crippen molar-refractivity contribution in [2.45, 2.75) is 77.8 Å². The van der Waals surface area contributed by atoms with Gasteiger partial charge in [-0.15, -0.1) is 0 Å². The van der Waals surface area contributed by atoms with Crippen LogP contribution in [0.5, 0.6) is 0 Å². The van der Waals surface area contributed by atoms with Gasteiger partial charge >= 0.3 is 0 Å². The van der Waals surface area contributed by atoms with Crippen LogP contribution in [0.25, 0.3) is 0 Å². The first-order valence-electron chi connectivity index (χ1n) is 13.1. The van der Waals surface area contributed by atoms with Crippen molar-refractivity contribution in [3.8, 4) is 0 Å². The summed E-state index contributed by atoms with van der Waals surface area (Å²) in [4.78, 5) is 19.4. The fraction of sp³-hybridized carbons (Fsp3) is 0.375. The predicted octanol–water partition coefficient (Wildman–Crippen LogP) is 7.36. The number of aryl methyl sites for hydroxylation is 1. The van der Waals surface area contributed by atoms with Gasteiger partial charge in [0.2, 0.25) is 0 Å². The van der Waals surface area contributed by atoms with E-state index in [1.165, 1.54) is 35.1 Å². The maximum absolute atomic E-state index is 13.5. The third-order valence-corrected chi connectivity index (χ3v) is 7.86. The number of hydrogen-bond acceptors (Lipinski definition) is 4. The van der Waals surface area contributed by atoms with Crippen LogP contribution in [-0.4, -0.2) is 15.8 Å². The van der Waals surface area contributed by atoms with Crippen molar-refractivity contribution in [2.75, 3.05) is 0 Å². The molecule has 5 rings (SSSR count). The van der Waals surface area contributed by atoms with Gasteiger partial charge in [0.15, 0.2) is 5.76 Å². The Hall–Kier alpha value is -3.60. The van der Waals surface area contributed by atoms with Crippen LogP contribution in [0.2, 0.25) is 0 Å². The second-order valence-electron chi connectivity index (χ2n) is 11.6. The van der Waals surface area contributed by atoms with Crippen LogP contribution < -0.4 is 0 Å². The van der Waals surface area contributed by atoms with Gasteiger partial charge in [-0.05, 0) is 88.7 Å². The first kappa shape index (κ1) is 25.1. The molecule has 0 bridgehead atoms. The number of benzene rings is 1. The molecule has 3 heterocycles. The summed E-state index contributed by atoms with van der Waals surface area (Å²) in [5, 5.41) is 0. The first-order chi connectivity index (χ1) is 17.6. The van der Waals surface area contributed by atoms with E-state index in [-0.39, 0.29) is 16.7 Å². The van der Waals surface area contributed by atoms with Gasteiger partial charge in [-0.1, -0.05) is 45.9 Å². The summed E-state index contributed by atoms with van der Waals surface area (Å²) in [6, 6.07) is 16.0. The standard InChI is InChI=1S/C32H36N2O3/c1-22-16-27-28(32(4,5)13-12-31(27,2)3)18-24(22)17-25-10-11-29(37-25)30(35)34(21-26-9-7-15-36-26)20-23-8-6-14-33-19-23/h6-11,14-16,18-19H,12-13,17,20-21H2,1-5H3. The van der Waals surface area contributed by atoms with E-state index >= 15 is 0 Å². The molecular formula is C32H36N2O3. The maximum Gasteiger partial charge on any atom is 0.290 e. The summed E-state index contributed by atoms with van der Waals surface area (Å²) in [6.07, 6.45) is 8.16. The van der Waals surface area contributed by atoms with Crippen molar-refractivity contribution in [3.05, 3.63) is 112 Å². The number of carbonyl (C=O) groups excluding carboxylic acids is 1. The van der Waals surface area contributed by atoms with Crippen molar-refractivity contribution < 1.29 is 13.6 Å². The molecule has 0 saturated carbocycles. The summed E-state index contributed by atoms with van der Waals surface area (Å²) in [5.74, 6) is 1.68. The fourth-order valence-corrected chi connectivity index (χ4v) is 5.39. The third kappa shape index (κ3) is 5.27. The maximum atomic E-state index is 13.5. The topological polar surface area (TPSA) is 59.5 Å². The zero-order chi connectivity index (χ0) is 26.2. The molecule has 0 saturated heterocycles. The smallest absolute Gasteiger partial charge is 0.290 e. The van der Waals surface area contributed by atoms with Gasteiger partial charge in [-0.3, -0.25) is 9.78 Å². The normalized spacial score (nSPS) is 15.8. The Morgan fingerprint density at radius 3 is 2.38 bits per heavy atom. The number of hydrogen-bond donors (Lipinski definition) is 0. The zero-order valence-corrected chi connectivity index (χ0v) is 22.5. The lowest BCUT2D eigenvalue weighted by Crippen LogP contribution is -2.34. The summed E-state index contributed by atoms with van der Waals surface area (Å²) < 4.78 is 11.7. The molecule has 0 spiro atoms. The molecule has 0 unspecified atom stereocenters. The number of amides is 1. The Morgan fingerprint density at radius 1 is 0.946 bits per heavy atom. The predicted molar refractivity (Wildman–Crippen MR) is 145 cm³/mol. The quantitative estimate of drug-likeness (QED) is 0.268. The van der Waals surface area contributed by atoms with Crippen LogP contribution in [0.4, 0.5) is 0 Å². The minimum atomic E-state index is -0.170. The largest absolute Gasteiger partial charge is 0.467 e. The first-order valence-corrected chi connectivity index (χ1v) is 13.1. The third-order valence-electron chi connectivity index (χ3n) is 7.86. The average Bonchev–Trinajstić information content (AvgIpc) is 3.55. The van der Waals surface area contributed by atoms with Gasteiger partial charge in [0.1, 0.15) is 11.5 Å². The monoisotopic (exact) mass is 496 g/mol. The molecule has 0 atom stereocenters. The lowest BCUT2D eigenvalue weighted by Gasteiger charge is -2.42. The molecule has 3 aromatic heterocycles. The lowest BCUT2D eigenvalue weighted by atomic mass is 9.62. The van der Waals surface area contributed by atoms with Crippen LogP contribution in [0, 0.1) is 6.92 Å². The minimum Gasteiger partial charge on any atom is -0.467 e. The number of aromatic nitrogens is 1. The summed E-state index contributed by atoms with van der Waals surface area (Å²) >= 11 is 0. The summed E-state index contributed by atoms with van der Waals surface area (Å²) in [6.45, 7) is 12.3. The van der Waals surface area contributed by atoms with Gasteiger partial charge in [0, 0.05) is 25.4 Å². The highest BCUT2D eigenvalue weighted by atomic mass is 16.4. The minimum absolute atomic E-state index is 0.149. The van der Waals surface area contributed by atoms with E-state index in [9.17, 15) is 4.79 Å². The molecule has 0 radical (unpaired) electrons. The van der Waals surface area contributed by atoms with Crippen LogP contribution >= 0.6 is 0 Å². The lowest BCUT2D eigenvalue weighted by molar-refractivity contribution is 0.0683. The Morgan fingerprint density at radius 2 is 1.70 bits per heavy atom. The van der Waals surface area contributed by atoms with E-state index < -0.39 is 0 Å². The summed E-state index contributed by atoms with van der Waals surface area (Å²) in [7, 11) is 0. The number of pyridine rings is 1. The molecular weight excluding hydrogens is 460 g/mol. The molecule has 0 N–H and O–H groups in total. The van der Waals surface area contributed by atoms with E-state index in [2.05, 4.69) is 51.7 Å². The number of nitrogens with zero attached hydrogens (tertiary/aromatic N) is 2. The second-order valence-corrected chi connectivity index (χ2v) is 11.6. The molecule has 5 heteroatoms. The Kier molecular flexibility index (Phi) is 6.57. The van der Waals surface area contributed by atoms with Crippen molar-refractivity contribution in [1.29, 1.82) is 0 Å². The molecule has 37 heavy (non-hydrogen) atoms. The van der Waals surface area contributed by atoms with E-state index in [1.807, 2.05) is 30.3 Å².